The molecule has 3 fully saturated rings. The van der Waals surface area contributed by atoms with Gasteiger partial charge in [-0.3, -0.25) is 48.9 Å². The van der Waals surface area contributed by atoms with Gasteiger partial charge in [-0.2, -0.15) is 0 Å². The molecule has 6 heterocycles. The number of carbonyl (C=O) groups is 5. The zero-order valence-corrected chi connectivity index (χ0v) is 29.2. The highest BCUT2D eigenvalue weighted by Crippen LogP contribution is 2.31. The van der Waals surface area contributed by atoms with Crippen LogP contribution < -0.4 is 26.4 Å². The number of aryl methyl sites for hydroxylation is 1. The molecule has 4 aliphatic rings. The molecule has 3 aromatic heterocycles. The lowest BCUT2D eigenvalue weighted by Crippen LogP contribution is -2.54. The van der Waals surface area contributed by atoms with Crippen LogP contribution in [0.2, 0.25) is 0 Å². The molecule has 3 aliphatic heterocycles. The van der Waals surface area contributed by atoms with Gasteiger partial charge in [0.2, 0.25) is 11.8 Å². The van der Waals surface area contributed by atoms with Crippen molar-refractivity contribution >= 4 is 51.9 Å². The molecule has 1 aliphatic carbocycles. The van der Waals surface area contributed by atoms with Crippen molar-refractivity contribution in [2.75, 3.05) is 36.4 Å². The molecule has 5 amide bonds. The van der Waals surface area contributed by atoms with Gasteiger partial charge in [0.05, 0.1) is 34.0 Å². The number of imide groups is 2. The number of aromatic amines is 1. The number of fused-ring (bicyclic) bond motifs is 2. The van der Waals surface area contributed by atoms with E-state index in [0.29, 0.717) is 30.6 Å². The third-order valence-corrected chi connectivity index (χ3v) is 10.6. The number of pyridine rings is 3. The van der Waals surface area contributed by atoms with Gasteiger partial charge in [0.25, 0.3) is 23.3 Å². The predicted molar refractivity (Wildman–Crippen MR) is 194 cm³/mol. The molecule has 15 heteroatoms. The quantitative estimate of drug-likeness (QED) is 0.185. The van der Waals surface area contributed by atoms with Crippen LogP contribution in [0.4, 0.5) is 11.4 Å². The van der Waals surface area contributed by atoms with E-state index < -0.39 is 29.7 Å². The first-order chi connectivity index (χ1) is 25.6. The number of nitrogens with one attached hydrogen (secondary N) is 4. The summed E-state index contributed by atoms with van der Waals surface area (Å²) in [5, 5.41) is 8.62. The van der Waals surface area contributed by atoms with Crippen LogP contribution in [0.3, 0.4) is 0 Å². The molecule has 15 nitrogen and oxygen atoms in total. The second kappa shape index (κ2) is 13.9. The van der Waals surface area contributed by atoms with Gasteiger partial charge >= 0.3 is 0 Å². The van der Waals surface area contributed by atoms with Crippen molar-refractivity contribution in [3.63, 3.8) is 0 Å². The molecule has 0 spiro atoms. The topological polar surface area (TPSA) is 190 Å². The van der Waals surface area contributed by atoms with Crippen molar-refractivity contribution < 1.29 is 24.0 Å². The first-order valence-corrected chi connectivity index (χ1v) is 18.0. The largest absolute Gasteiger partial charge is 0.382 e. The van der Waals surface area contributed by atoms with Gasteiger partial charge in [0.15, 0.2) is 0 Å². The van der Waals surface area contributed by atoms with E-state index in [1.807, 2.05) is 31.3 Å². The van der Waals surface area contributed by atoms with Crippen LogP contribution in [0.15, 0.2) is 59.7 Å². The van der Waals surface area contributed by atoms with Crippen LogP contribution in [0.5, 0.6) is 0 Å². The summed E-state index contributed by atoms with van der Waals surface area (Å²) in [6.07, 6.45) is 5.80. The van der Waals surface area contributed by atoms with Gasteiger partial charge in [-0.15, -0.1) is 0 Å². The second-order valence-corrected chi connectivity index (χ2v) is 14.1. The van der Waals surface area contributed by atoms with Crippen molar-refractivity contribution in [3.05, 3.63) is 93.2 Å². The van der Waals surface area contributed by atoms with Crippen LogP contribution in [0.1, 0.15) is 74.9 Å². The van der Waals surface area contributed by atoms with Crippen LogP contribution in [0.25, 0.3) is 11.0 Å². The third kappa shape index (κ3) is 6.75. The van der Waals surface area contributed by atoms with Crippen molar-refractivity contribution in [2.24, 2.45) is 0 Å². The SMILES string of the molecule is CCc1cc2ncc(CN3CCN(c4ccc(C(=O)NC5CC(Nc6ccc7c(c6)C(=O)N(C6CCC(=O)NC6=O)C7=O)C5)nc4)CC3)cc2[nH]c1=O. The number of nitrogens with zero attached hydrogens (tertiary/aromatic N) is 5. The molecular formula is C38H39N9O6. The van der Waals surface area contributed by atoms with Crippen molar-refractivity contribution in [1.82, 2.24) is 35.4 Å². The number of piperazine rings is 1. The van der Waals surface area contributed by atoms with E-state index in [9.17, 15) is 28.8 Å². The molecule has 1 unspecified atom stereocenters. The van der Waals surface area contributed by atoms with Gasteiger partial charge in [0.1, 0.15) is 11.7 Å². The van der Waals surface area contributed by atoms with Gasteiger partial charge in [-0.05, 0) is 73.7 Å². The maximum Gasteiger partial charge on any atom is 0.270 e. The number of anilines is 2. The first-order valence-electron chi connectivity index (χ1n) is 18.0. The number of aromatic nitrogens is 3. The molecule has 272 valence electrons. The van der Waals surface area contributed by atoms with Crippen LogP contribution in [-0.2, 0) is 22.6 Å². The Bertz CT molecular complexity index is 2210. The Hall–Kier alpha value is -5.96. The summed E-state index contributed by atoms with van der Waals surface area (Å²) in [7, 11) is 0. The first kappa shape index (κ1) is 34.1. The molecule has 1 saturated carbocycles. The molecule has 0 radical (unpaired) electrons. The molecule has 4 aromatic rings. The zero-order valence-electron chi connectivity index (χ0n) is 29.2. The summed E-state index contributed by atoms with van der Waals surface area (Å²) < 4.78 is 0. The van der Waals surface area contributed by atoms with Gasteiger partial charge in [-0.1, -0.05) is 6.92 Å². The van der Waals surface area contributed by atoms with Crippen LogP contribution in [0, 0.1) is 0 Å². The summed E-state index contributed by atoms with van der Waals surface area (Å²) in [5.41, 5.74) is 5.68. The number of carbonyl (C=O) groups excluding carboxylic acids is 5. The fourth-order valence-electron chi connectivity index (χ4n) is 7.56. The fourth-order valence-corrected chi connectivity index (χ4v) is 7.56. The minimum Gasteiger partial charge on any atom is -0.382 e. The lowest BCUT2D eigenvalue weighted by molar-refractivity contribution is -0.136. The van der Waals surface area contributed by atoms with E-state index in [-0.39, 0.29) is 47.5 Å². The molecule has 8 rings (SSSR count). The van der Waals surface area contributed by atoms with Gasteiger partial charge in [0, 0.05) is 68.7 Å². The summed E-state index contributed by atoms with van der Waals surface area (Å²) >= 11 is 0. The average molecular weight is 718 g/mol. The van der Waals surface area contributed by atoms with Crippen LogP contribution >= 0.6 is 0 Å². The Kier molecular flexibility index (Phi) is 8.94. The van der Waals surface area contributed by atoms with E-state index in [4.69, 9.17) is 0 Å². The maximum absolute atomic E-state index is 13.1. The smallest absolute Gasteiger partial charge is 0.270 e. The number of benzene rings is 1. The average Bonchev–Trinajstić information content (AvgIpc) is 3.38. The molecule has 2 saturated heterocycles. The Morgan fingerprint density at radius 1 is 0.887 bits per heavy atom. The Labute approximate surface area is 304 Å². The maximum atomic E-state index is 13.1. The molecule has 53 heavy (non-hydrogen) atoms. The van der Waals surface area contributed by atoms with Crippen molar-refractivity contribution in [3.8, 4) is 0 Å². The van der Waals surface area contributed by atoms with E-state index >= 15 is 0 Å². The van der Waals surface area contributed by atoms with E-state index in [1.54, 1.807) is 30.5 Å². The number of piperidine rings is 1. The van der Waals surface area contributed by atoms with Gasteiger partial charge < -0.3 is 20.5 Å². The third-order valence-electron chi connectivity index (χ3n) is 10.6. The van der Waals surface area contributed by atoms with E-state index in [1.165, 1.54) is 0 Å². The van der Waals surface area contributed by atoms with Crippen LogP contribution in [-0.4, -0.2) is 98.6 Å². The standard InChI is InChI=1S/C38H39N9O6/c1-2-22-14-30-31(43-34(22)49)13-21(18-39-30)20-45-9-11-46(12-10-45)26-4-6-29(40-19-26)35(50)42-25-15-24(16-25)41-23-3-5-27-28(17-23)38(53)47(37(27)52)32-7-8-33(48)44-36(32)51/h3-6,13-14,17-19,24-25,32,41H,2,7-12,15-16,20H2,1H3,(H,42,50)(H,43,49)(H,44,48,51). The van der Waals surface area contributed by atoms with E-state index in [0.717, 1.165) is 65.5 Å². The minimum absolute atomic E-state index is 0.0397. The molecule has 1 aromatic carbocycles. The Morgan fingerprint density at radius 3 is 2.42 bits per heavy atom. The highest BCUT2D eigenvalue weighted by atomic mass is 16.2. The summed E-state index contributed by atoms with van der Waals surface area (Å²) in [5.74, 6) is -2.39. The van der Waals surface area contributed by atoms with Gasteiger partial charge in [-0.25, -0.2) is 4.98 Å². The number of amides is 5. The number of H-pyrrole nitrogens is 1. The molecule has 4 N–H and O–H groups in total. The highest BCUT2D eigenvalue weighted by molar-refractivity contribution is 6.23. The number of rotatable bonds is 9. The minimum atomic E-state index is -1.01. The lowest BCUT2D eigenvalue weighted by Gasteiger charge is -2.37. The summed E-state index contributed by atoms with van der Waals surface area (Å²) in [6.45, 7) is 6.02. The molecule has 0 bridgehead atoms. The van der Waals surface area contributed by atoms with Crippen molar-refractivity contribution in [1.29, 1.82) is 0 Å². The molecular weight excluding hydrogens is 678 g/mol. The number of hydrogen-bond donors (Lipinski definition) is 4. The predicted octanol–water partition coefficient (Wildman–Crippen LogP) is 1.98. The van der Waals surface area contributed by atoms with Crippen molar-refractivity contribution in [2.45, 2.75) is 63.7 Å². The normalized spacial score (nSPS) is 21.7. The summed E-state index contributed by atoms with van der Waals surface area (Å²) in [6, 6.07) is 11.5. The summed E-state index contributed by atoms with van der Waals surface area (Å²) in [4.78, 5) is 92.8. The van der Waals surface area contributed by atoms with E-state index in [2.05, 4.69) is 40.7 Å². The lowest BCUT2D eigenvalue weighted by atomic mass is 9.86. The molecule has 1 atom stereocenters. The highest BCUT2D eigenvalue weighted by Gasteiger charge is 2.44. The number of hydrogen-bond acceptors (Lipinski definition) is 11. The monoisotopic (exact) mass is 717 g/mol. The Balaban J connectivity index is 0.791. The Morgan fingerprint density at radius 2 is 1.68 bits per heavy atom. The fraction of sp³-hybridized carbons (Fsp3) is 0.368. The zero-order chi connectivity index (χ0) is 36.8. The second-order valence-electron chi connectivity index (χ2n) is 14.1.